The first-order chi connectivity index (χ1) is 12.1. The van der Waals surface area contributed by atoms with Crippen molar-refractivity contribution in [1.82, 2.24) is 5.32 Å². The van der Waals surface area contributed by atoms with E-state index < -0.39 is 0 Å². The fourth-order valence-electron chi connectivity index (χ4n) is 2.22. The number of nitrogens with two attached hydrogens (primary N) is 1. The minimum Gasteiger partial charge on any atom is -0.497 e. The number of methoxy groups -OCH3 is 2. The molecule has 2 aromatic rings. The molecule has 0 atom stereocenters. The van der Waals surface area contributed by atoms with Crippen LogP contribution in [-0.2, 0) is 6.54 Å². The summed E-state index contributed by atoms with van der Waals surface area (Å²) in [5, 5.41) is 5.59. The van der Waals surface area contributed by atoms with Gasteiger partial charge in [-0.3, -0.25) is 4.79 Å². The Kier molecular flexibility index (Phi) is 6.22. The topological polar surface area (TPSA) is 98.0 Å². The van der Waals surface area contributed by atoms with Crippen molar-refractivity contribution in [3.8, 4) is 11.5 Å². The summed E-state index contributed by atoms with van der Waals surface area (Å²) in [4.78, 5) is 16.0. The van der Waals surface area contributed by atoms with E-state index in [4.69, 9.17) is 15.2 Å². The highest BCUT2D eigenvalue weighted by Gasteiger charge is 2.07. The molecule has 1 amide bonds. The third kappa shape index (κ3) is 4.87. The van der Waals surface area contributed by atoms with E-state index in [2.05, 4.69) is 15.6 Å². The average Bonchev–Trinajstić information content (AvgIpc) is 2.65. The summed E-state index contributed by atoms with van der Waals surface area (Å²) in [6.45, 7) is 0.343. The first-order valence-corrected chi connectivity index (χ1v) is 7.67. The molecule has 0 bridgehead atoms. The van der Waals surface area contributed by atoms with Crippen molar-refractivity contribution in [1.29, 1.82) is 0 Å². The zero-order valence-corrected chi connectivity index (χ0v) is 14.5. The molecule has 0 aliphatic heterocycles. The lowest BCUT2D eigenvalue weighted by atomic mass is 10.1. The van der Waals surface area contributed by atoms with Crippen molar-refractivity contribution in [3.05, 3.63) is 53.6 Å². The molecule has 7 nitrogen and oxygen atoms in total. The summed E-state index contributed by atoms with van der Waals surface area (Å²) in [6.07, 6.45) is 0. The number of anilines is 1. The lowest BCUT2D eigenvalue weighted by Gasteiger charge is -2.12. The van der Waals surface area contributed by atoms with Crippen LogP contribution in [0.1, 0.15) is 15.9 Å². The number of rotatable bonds is 6. The van der Waals surface area contributed by atoms with Gasteiger partial charge in [0.15, 0.2) is 5.96 Å². The van der Waals surface area contributed by atoms with Crippen LogP contribution in [0.5, 0.6) is 11.5 Å². The number of amides is 1. The molecule has 0 aliphatic carbocycles. The number of hydrogen-bond donors (Lipinski definition) is 3. The lowest BCUT2D eigenvalue weighted by molar-refractivity contribution is 0.0963. The molecule has 0 saturated heterocycles. The van der Waals surface area contributed by atoms with Gasteiger partial charge in [-0.25, -0.2) is 4.99 Å². The smallest absolute Gasteiger partial charge is 0.251 e. The van der Waals surface area contributed by atoms with E-state index in [0.717, 1.165) is 5.56 Å². The van der Waals surface area contributed by atoms with Crippen LogP contribution in [0.2, 0.25) is 0 Å². The number of hydrogen-bond acceptors (Lipinski definition) is 4. The van der Waals surface area contributed by atoms with Gasteiger partial charge in [-0.05, 0) is 29.8 Å². The number of aliphatic imine (C=N–C) groups is 1. The molecule has 7 heteroatoms. The summed E-state index contributed by atoms with van der Waals surface area (Å²) in [5.74, 6) is 1.39. The Hall–Kier alpha value is -3.22. The van der Waals surface area contributed by atoms with Gasteiger partial charge in [0, 0.05) is 18.7 Å². The van der Waals surface area contributed by atoms with Gasteiger partial charge in [-0.1, -0.05) is 12.1 Å². The van der Waals surface area contributed by atoms with E-state index in [9.17, 15) is 4.79 Å². The van der Waals surface area contributed by atoms with Gasteiger partial charge in [-0.2, -0.15) is 0 Å². The Labute approximate surface area is 146 Å². The van der Waals surface area contributed by atoms with Gasteiger partial charge in [0.2, 0.25) is 0 Å². The highest BCUT2D eigenvalue weighted by atomic mass is 16.5. The van der Waals surface area contributed by atoms with Crippen LogP contribution in [0.15, 0.2) is 47.5 Å². The Morgan fingerprint density at radius 1 is 1.16 bits per heavy atom. The van der Waals surface area contributed by atoms with Crippen LogP contribution in [-0.4, -0.2) is 33.1 Å². The highest BCUT2D eigenvalue weighted by molar-refractivity contribution is 5.95. The fourth-order valence-corrected chi connectivity index (χ4v) is 2.22. The van der Waals surface area contributed by atoms with Crippen LogP contribution in [0.3, 0.4) is 0 Å². The Balaban J connectivity index is 2.11. The van der Waals surface area contributed by atoms with E-state index in [1.807, 2.05) is 12.1 Å². The van der Waals surface area contributed by atoms with Crippen molar-refractivity contribution < 1.29 is 14.3 Å². The number of nitrogens with zero attached hydrogens (tertiary/aromatic N) is 1. The van der Waals surface area contributed by atoms with Crippen molar-refractivity contribution in [2.75, 3.05) is 26.6 Å². The molecule has 0 aromatic heterocycles. The normalized spacial score (nSPS) is 10.9. The quantitative estimate of drug-likeness (QED) is 0.551. The lowest BCUT2D eigenvalue weighted by Crippen LogP contribution is -2.23. The molecule has 0 spiro atoms. The van der Waals surface area contributed by atoms with Gasteiger partial charge in [0.25, 0.3) is 5.91 Å². The van der Waals surface area contributed by atoms with E-state index >= 15 is 0 Å². The van der Waals surface area contributed by atoms with Gasteiger partial charge in [-0.15, -0.1) is 0 Å². The van der Waals surface area contributed by atoms with E-state index in [-0.39, 0.29) is 11.9 Å². The third-order valence-electron chi connectivity index (χ3n) is 3.52. The summed E-state index contributed by atoms with van der Waals surface area (Å²) in [7, 11) is 4.75. The fraction of sp³-hybridized carbons (Fsp3) is 0.222. The maximum Gasteiger partial charge on any atom is 0.251 e. The highest BCUT2D eigenvalue weighted by Crippen LogP contribution is 2.28. The molecule has 4 N–H and O–H groups in total. The third-order valence-corrected chi connectivity index (χ3v) is 3.52. The largest absolute Gasteiger partial charge is 0.497 e. The minimum absolute atomic E-state index is 0.141. The molecule has 0 unspecified atom stereocenters. The van der Waals surface area contributed by atoms with E-state index in [0.29, 0.717) is 29.3 Å². The molecule has 0 fully saturated rings. The predicted octanol–water partition coefficient (Wildman–Crippen LogP) is 1.99. The Morgan fingerprint density at radius 3 is 2.64 bits per heavy atom. The predicted molar refractivity (Wildman–Crippen MR) is 98.3 cm³/mol. The molecule has 0 aliphatic rings. The molecule has 25 heavy (non-hydrogen) atoms. The van der Waals surface area contributed by atoms with Crippen LogP contribution >= 0.6 is 0 Å². The van der Waals surface area contributed by atoms with Crippen molar-refractivity contribution >= 4 is 17.6 Å². The number of nitrogens with one attached hydrogen (secondary N) is 2. The number of guanidine groups is 1. The first-order valence-electron chi connectivity index (χ1n) is 7.67. The van der Waals surface area contributed by atoms with Crippen molar-refractivity contribution in [2.24, 2.45) is 10.7 Å². The Bertz CT molecular complexity index is 775. The van der Waals surface area contributed by atoms with Gasteiger partial charge in [0.05, 0.1) is 26.5 Å². The van der Waals surface area contributed by atoms with Gasteiger partial charge >= 0.3 is 0 Å². The summed E-state index contributed by atoms with van der Waals surface area (Å²) in [6, 6.07) is 12.6. The van der Waals surface area contributed by atoms with Crippen LogP contribution < -0.4 is 25.8 Å². The molecule has 0 saturated carbocycles. The summed E-state index contributed by atoms with van der Waals surface area (Å²) in [5.41, 5.74) is 8.07. The zero-order chi connectivity index (χ0) is 18.2. The second-order valence-electron chi connectivity index (χ2n) is 5.17. The molecule has 132 valence electrons. The van der Waals surface area contributed by atoms with Crippen LogP contribution in [0, 0.1) is 0 Å². The molecule has 2 aromatic carbocycles. The monoisotopic (exact) mass is 342 g/mol. The van der Waals surface area contributed by atoms with Gasteiger partial charge in [0.1, 0.15) is 11.5 Å². The van der Waals surface area contributed by atoms with E-state index in [1.165, 1.54) is 0 Å². The number of ether oxygens (including phenoxy) is 2. The average molecular weight is 342 g/mol. The van der Waals surface area contributed by atoms with Crippen molar-refractivity contribution in [3.63, 3.8) is 0 Å². The first kappa shape index (κ1) is 18.1. The standard InChI is InChI=1S/C18H22N4O3/c1-20-17(23)13-6-4-5-12(9-13)11-21-18(19)22-15-10-14(24-2)7-8-16(15)25-3/h4-10H,11H2,1-3H3,(H,20,23)(H3,19,21,22). The maximum atomic E-state index is 11.7. The molecule has 0 heterocycles. The zero-order valence-electron chi connectivity index (χ0n) is 14.5. The second-order valence-corrected chi connectivity index (χ2v) is 5.17. The number of carbonyl (C=O) groups excluding carboxylic acids is 1. The number of carbonyl (C=O) groups is 1. The second kappa shape index (κ2) is 8.58. The summed E-state index contributed by atoms with van der Waals surface area (Å²) >= 11 is 0. The van der Waals surface area contributed by atoms with Crippen LogP contribution in [0.4, 0.5) is 5.69 Å². The minimum atomic E-state index is -0.141. The van der Waals surface area contributed by atoms with Crippen LogP contribution in [0.25, 0.3) is 0 Å². The molecular weight excluding hydrogens is 320 g/mol. The summed E-state index contributed by atoms with van der Waals surface area (Å²) < 4.78 is 10.5. The maximum absolute atomic E-state index is 11.7. The van der Waals surface area contributed by atoms with Gasteiger partial charge < -0.3 is 25.8 Å². The van der Waals surface area contributed by atoms with Crippen molar-refractivity contribution in [2.45, 2.75) is 6.54 Å². The molecular formula is C18H22N4O3. The Morgan fingerprint density at radius 2 is 1.96 bits per heavy atom. The number of benzene rings is 2. The molecule has 0 radical (unpaired) electrons. The molecule has 2 rings (SSSR count). The van der Waals surface area contributed by atoms with E-state index in [1.54, 1.807) is 51.6 Å². The SMILES string of the molecule is CNC(=O)c1cccc(CN=C(N)Nc2cc(OC)ccc2OC)c1.